The number of pyridine rings is 1. The predicted molar refractivity (Wildman–Crippen MR) is 121 cm³/mol. The second kappa shape index (κ2) is 9.08. The van der Waals surface area contributed by atoms with E-state index >= 15 is 0 Å². The van der Waals surface area contributed by atoms with Gasteiger partial charge in [0.1, 0.15) is 5.69 Å². The van der Waals surface area contributed by atoms with Crippen molar-refractivity contribution in [3.8, 4) is 0 Å². The van der Waals surface area contributed by atoms with Crippen LogP contribution >= 0.6 is 11.6 Å². The maximum atomic E-state index is 12.3. The third-order valence-electron chi connectivity index (χ3n) is 5.91. The highest BCUT2D eigenvalue weighted by Crippen LogP contribution is 2.64. The Morgan fingerprint density at radius 2 is 2.00 bits per heavy atom. The van der Waals surface area contributed by atoms with Crippen LogP contribution in [0.4, 0.5) is 5.69 Å². The van der Waals surface area contributed by atoms with Crippen molar-refractivity contribution < 1.29 is 4.79 Å². The van der Waals surface area contributed by atoms with Crippen LogP contribution in [0.15, 0.2) is 36.5 Å². The highest BCUT2D eigenvalue weighted by molar-refractivity contribution is 6.30. The van der Waals surface area contributed by atoms with Crippen molar-refractivity contribution in [1.82, 2.24) is 4.98 Å². The summed E-state index contributed by atoms with van der Waals surface area (Å²) < 4.78 is 0. The number of hydrogen-bond donors (Lipinski definition) is 2. The van der Waals surface area contributed by atoms with E-state index in [-0.39, 0.29) is 5.91 Å². The van der Waals surface area contributed by atoms with Gasteiger partial charge in [-0.1, -0.05) is 44.4 Å². The fourth-order valence-electron chi connectivity index (χ4n) is 4.68. The first-order valence-electron chi connectivity index (χ1n) is 10.5. The van der Waals surface area contributed by atoms with Crippen molar-refractivity contribution in [3.63, 3.8) is 0 Å². The summed E-state index contributed by atoms with van der Waals surface area (Å²) in [4.78, 5) is 16.3. The minimum absolute atomic E-state index is 0.199. The van der Waals surface area contributed by atoms with Crippen LogP contribution in [0.1, 0.15) is 86.8 Å². The van der Waals surface area contributed by atoms with Gasteiger partial charge in [-0.05, 0) is 79.3 Å². The van der Waals surface area contributed by atoms with Crippen molar-refractivity contribution in [2.45, 2.75) is 70.6 Å². The van der Waals surface area contributed by atoms with Crippen molar-refractivity contribution >= 4 is 28.9 Å². The van der Waals surface area contributed by atoms with Crippen LogP contribution in [0.25, 0.3) is 0 Å². The number of anilines is 1. The first kappa shape index (κ1) is 21.5. The minimum atomic E-state index is -0.199. The number of nitrogens with one attached hydrogen (secondary N) is 2. The zero-order chi connectivity index (χ0) is 21.0. The van der Waals surface area contributed by atoms with Gasteiger partial charge in [0.25, 0.3) is 5.91 Å². The molecule has 1 saturated carbocycles. The summed E-state index contributed by atoms with van der Waals surface area (Å²) in [6.07, 6.45) is 8.63. The number of hydrogen-bond acceptors (Lipinski definition) is 3. The van der Waals surface area contributed by atoms with Gasteiger partial charge in [0.05, 0.1) is 5.02 Å². The van der Waals surface area contributed by atoms with E-state index in [2.05, 4.69) is 36.3 Å². The standard InChI is InChI=1S/C19H19ClN2O.C5H11N/c1-2-7-19-9-12(10-19)15-8-14(4-5-16(15)19)22-18(23)17-6-3-13(20)11-21-17;1-3-4-5(2)6/h3-6,8,11-12H,2,7,9-10H2,1H3,(H,22,23);6H,3-4H2,1-2H3. The van der Waals surface area contributed by atoms with E-state index in [1.807, 2.05) is 13.0 Å². The van der Waals surface area contributed by atoms with Gasteiger partial charge in [-0.15, -0.1) is 0 Å². The number of carbonyl (C=O) groups is 1. The molecule has 2 bridgehead atoms. The summed E-state index contributed by atoms with van der Waals surface area (Å²) in [6, 6.07) is 9.69. The highest BCUT2D eigenvalue weighted by atomic mass is 35.5. The molecular formula is C24H30ClN3O. The van der Waals surface area contributed by atoms with Gasteiger partial charge >= 0.3 is 0 Å². The van der Waals surface area contributed by atoms with Crippen molar-refractivity contribution in [2.24, 2.45) is 0 Å². The molecule has 4 nitrogen and oxygen atoms in total. The molecule has 5 heteroatoms. The van der Waals surface area contributed by atoms with Crippen LogP contribution in [0.5, 0.6) is 0 Å². The molecule has 0 saturated heterocycles. The molecule has 0 unspecified atom stereocenters. The Balaban J connectivity index is 0.000000353. The minimum Gasteiger partial charge on any atom is -0.321 e. The van der Waals surface area contributed by atoms with E-state index in [4.69, 9.17) is 17.0 Å². The van der Waals surface area contributed by atoms with E-state index in [1.54, 1.807) is 12.1 Å². The van der Waals surface area contributed by atoms with Gasteiger partial charge in [-0.25, -0.2) is 4.98 Å². The Morgan fingerprint density at radius 1 is 1.24 bits per heavy atom. The number of aromatic nitrogens is 1. The van der Waals surface area contributed by atoms with Crippen LogP contribution in [-0.2, 0) is 5.41 Å². The lowest BCUT2D eigenvalue weighted by molar-refractivity contribution is 0.102. The monoisotopic (exact) mass is 411 g/mol. The molecule has 0 aliphatic heterocycles. The summed E-state index contributed by atoms with van der Waals surface area (Å²) in [5.74, 6) is 0.484. The number of amides is 1. The van der Waals surface area contributed by atoms with Gasteiger partial charge in [0.2, 0.25) is 0 Å². The second-order valence-corrected chi connectivity index (χ2v) is 8.72. The third kappa shape index (κ3) is 4.69. The van der Waals surface area contributed by atoms with Crippen LogP contribution in [0, 0.1) is 5.41 Å². The van der Waals surface area contributed by atoms with Gasteiger partial charge < -0.3 is 10.7 Å². The Labute approximate surface area is 178 Å². The van der Waals surface area contributed by atoms with Crippen molar-refractivity contribution in [2.75, 3.05) is 5.32 Å². The third-order valence-corrected chi connectivity index (χ3v) is 6.13. The van der Waals surface area contributed by atoms with Crippen LogP contribution in [0.2, 0.25) is 5.02 Å². The number of rotatable bonds is 6. The average Bonchev–Trinajstić information content (AvgIpc) is 3.11. The van der Waals surface area contributed by atoms with Gasteiger partial charge in [-0.3, -0.25) is 4.79 Å². The number of carbonyl (C=O) groups excluding carboxylic acids is 1. The predicted octanol–water partition coefficient (Wildman–Crippen LogP) is 6.74. The van der Waals surface area contributed by atoms with Gasteiger partial charge in [0.15, 0.2) is 0 Å². The molecule has 1 aromatic carbocycles. The zero-order valence-electron chi connectivity index (χ0n) is 17.5. The molecule has 3 aliphatic carbocycles. The molecule has 5 rings (SSSR count). The summed E-state index contributed by atoms with van der Waals surface area (Å²) in [7, 11) is 0. The zero-order valence-corrected chi connectivity index (χ0v) is 18.3. The fourth-order valence-corrected chi connectivity index (χ4v) is 4.79. The lowest BCUT2D eigenvalue weighted by Crippen LogP contribution is -2.31. The van der Waals surface area contributed by atoms with E-state index < -0.39 is 0 Å². The largest absolute Gasteiger partial charge is 0.321 e. The highest BCUT2D eigenvalue weighted by Gasteiger charge is 2.53. The molecule has 1 heterocycles. The molecule has 2 aromatic rings. The normalized spacial score (nSPS) is 20.8. The molecule has 2 N–H and O–H groups in total. The molecule has 0 radical (unpaired) electrons. The Bertz CT molecular complexity index is 885. The van der Waals surface area contributed by atoms with Crippen LogP contribution < -0.4 is 5.32 Å². The molecule has 1 amide bonds. The molecular weight excluding hydrogens is 382 g/mol. The lowest BCUT2D eigenvalue weighted by Gasteiger charge is -2.39. The quantitative estimate of drug-likeness (QED) is 0.516. The number of benzene rings is 1. The SMILES string of the molecule is CCCC(C)=N.CCCC12CC(C1)c1cc(NC(=O)c3ccc(Cl)cn3)ccc12. The number of nitrogens with zero attached hydrogens (tertiary/aromatic N) is 1. The first-order valence-corrected chi connectivity index (χ1v) is 10.9. The first-order chi connectivity index (χ1) is 13.9. The topological polar surface area (TPSA) is 65.8 Å². The van der Waals surface area contributed by atoms with Crippen LogP contribution in [0.3, 0.4) is 0 Å². The van der Waals surface area contributed by atoms with E-state index in [0.717, 1.165) is 24.2 Å². The van der Waals surface area contributed by atoms with E-state index in [0.29, 0.717) is 22.0 Å². The van der Waals surface area contributed by atoms with Gasteiger partial charge in [0, 0.05) is 17.6 Å². The average molecular weight is 412 g/mol. The summed E-state index contributed by atoms with van der Waals surface area (Å²) in [6.45, 7) is 6.18. The molecule has 0 spiro atoms. The fraction of sp³-hybridized carbons (Fsp3) is 0.458. The molecule has 29 heavy (non-hydrogen) atoms. The molecule has 3 aliphatic rings. The van der Waals surface area contributed by atoms with E-state index in [1.165, 1.54) is 43.0 Å². The lowest BCUT2D eigenvalue weighted by atomic mass is 9.65. The Morgan fingerprint density at radius 3 is 2.55 bits per heavy atom. The van der Waals surface area contributed by atoms with Gasteiger partial charge in [-0.2, -0.15) is 0 Å². The summed E-state index contributed by atoms with van der Waals surface area (Å²) >= 11 is 5.81. The molecule has 1 aromatic heterocycles. The van der Waals surface area contributed by atoms with Crippen LogP contribution in [-0.4, -0.2) is 16.6 Å². The maximum Gasteiger partial charge on any atom is 0.274 e. The smallest absolute Gasteiger partial charge is 0.274 e. The van der Waals surface area contributed by atoms with Crippen molar-refractivity contribution in [3.05, 3.63) is 58.4 Å². The van der Waals surface area contributed by atoms with E-state index in [9.17, 15) is 4.79 Å². The number of halogens is 1. The molecule has 1 fully saturated rings. The summed E-state index contributed by atoms with van der Waals surface area (Å²) in [5, 5.41) is 10.4. The molecule has 154 valence electrons. The second-order valence-electron chi connectivity index (χ2n) is 8.28. The van der Waals surface area contributed by atoms with Crippen molar-refractivity contribution in [1.29, 1.82) is 5.41 Å². The molecule has 0 atom stereocenters. The Kier molecular flexibility index (Phi) is 6.74. The maximum absolute atomic E-state index is 12.3. The summed E-state index contributed by atoms with van der Waals surface area (Å²) in [5.41, 5.74) is 5.38. The Hall–Kier alpha value is -2.20.